The molecule has 2 N–H and O–H groups in total. The number of nitrogens with zero attached hydrogens (tertiary/aromatic N) is 2. The number of benzene rings is 3. The van der Waals surface area contributed by atoms with Crippen molar-refractivity contribution in [3.63, 3.8) is 0 Å². The van der Waals surface area contributed by atoms with Gasteiger partial charge in [-0.05, 0) is 24.3 Å². The zero-order valence-corrected chi connectivity index (χ0v) is 14.0. The second-order valence-corrected chi connectivity index (χ2v) is 6.17. The van der Waals surface area contributed by atoms with E-state index >= 15 is 0 Å². The van der Waals surface area contributed by atoms with Gasteiger partial charge in [0.15, 0.2) is 5.82 Å². The molecule has 5 rings (SSSR count). The number of fused-ring (bicyclic) bond motifs is 2. The largest absolute Gasteiger partial charge is 0.341 e. The van der Waals surface area contributed by atoms with E-state index in [1.807, 2.05) is 66.7 Å². The highest BCUT2D eigenvalue weighted by Gasteiger charge is 2.10. The molecule has 0 atom stereocenters. The van der Waals surface area contributed by atoms with Gasteiger partial charge in [-0.15, -0.1) is 0 Å². The van der Waals surface area contributed by atoms with Crippen LogP contribution in [-0.4, -0.2) is 15.0 Å². The summed E-state index contributed by atoms with van der Waals surface area (Å²) in [5, 5.41) is 5.59. The topological polar surface area (TPSA) is 53.6 Å². The van der Waals surface area contributed by atoms with Gasteiger partial charge >= 0.3 is 0 Å². The van der Waals surface area contributed by atoms with Gasteiger partial charge in [-0.2, -0.15) is 0 Å². The van der Waals surface area contributed by atoms with E-state index in [9.17, 15) is 0 Å². The Balaban J connectivity index is 1.65. The number of para-hydroxylation sites is 2. The minimum Gasteiger partial charge on any atom is -0.341 e. The Labute approximate surface area is 150 Å². The quantitative estimate of drug-likeness (QED) is 0.456. The van der Waals surface area contributed by atoms with Crippen molar-refractivity contribution < 1.29 is 0 Å². The summed E-state index contributed by atoms with van der Waals surface area (Å²) >= 11 is 0. The highest BCUT2D eigenvalue weighted by atomic mass is 15.1. The lowest BCUT2D eigenvalue weighted by molar-refractivity contribution is 1.22. The lowest BCUT2D eigenvalue weighted by atomic mass is 10.2. The molecule has 2 heterocycles. The molecule has 0 fully saturated rings. The first-order chi connectivity index (χ1) is 12.9. The Hall–Kier alpha value is -3.66. The van der Waals surface area contributed by atoms with Crippen LogP contribution < -0.4 is 5.32 Å². The summed E-state index contributed by atoms with van der Waals surface area (Å²) in [6.45, 7) is 0. The van der Waals surface area contributed by atoms with Crippen LogP contribution >= 0.6 is 0 Å². The van der Waals surface area contributed by atoms with Crippen molar-refractivity contribution in [2.24, 2.45) is 0 Å². The van der Waals surface area contributed by atoms with Gasteiger partial charge in [0.2, 0.25) is 0 Å². The molecule has 0 aliphatic heterocycles. The van der Waals surface area contributed by atoms with E-state index in [4.69, 9.17) is 9.97 Å². The van der Waals surface area contributed by atoms with Gasteiger partial charge in [0.1, 0.15) is 11.6 Å². The summed E-state index contributed by atoms with van der Waals surface area (Å²) < 4.78 is 0. The zero-order chi connectivity index (χ0) is 17.3. The average molecular weight is 336 g/mol. The van der Waals surface area contributed by atoms with E-state index in [-0.39, 0.29) is 0 Å². The minimum absolute atomic E-state index is 0.711. The summed E-state index contributed by atoms with van der Waals surface area (Å²) in [6, 6.07) is 28.4. The second kappa shape index (κ2) is 6.01. The van der Waals surface area contributed by atoms with E-state index in [2.05, 4.69) is 28.5 Å². The third kappa shape index (κ3) is 2.58. The first-order valence-corrected chi connectivity index (χ1v) is 8.54. The van der Waals surface area contributed by atoms with Crippen LogP contribution in [0.4, 0.5) is 11.6 Å². The van der Waals surface area contributed by atoms with E-state index in [1.165, 1.54) is 0 Å². The van der Waals surface area contributed by atoms with Gasteiger partial charge in [0, 0.05) is 21.9 Å². The van der Waals surface area contributed by atoms with Gasteiger partial charge in [-0.3, -0.25) is 0 Å². The SMILES string of the molecule is c1ccc(-c2nc(Nc3cc4ccccc4[nH]3)c3ccccc3n2)cc1. The van der Waals surface area contributed by atoms with Crippen LogP contribution in [0.3, 0.4) is 0 Å². The number of anilines is 2. The maximum atomic E-state index is 4.79. The average Bonchev–Trinajstić information content (AvgIpc) is 3.11. The van der Waals surface area contributed by atoms with Crippen molar-refractivity contribution >= 4 is 33.4 Å². The Morgan fingerprint density at radius 1 is 0.731 bits per heavy atom. The fourth-order valence-electron chi connectivity index (χ4n) is 3.16. The fraction of sp³-hybridized carbons (Fsp3) is 0. The van der Waals surface area contributed by atoms with Crippen LogP contribution in [-0.2, 0) is 0 Å². The first-order valence-electron chi connectivity index (χ1n) is 8.54. The molecule has 3 aromatic carbocycles. The molecule has 4 nitrogen and oxygen atoms in total. The molecule has 0 radical (unpaired) electrons. The maximum absolute atomic E-state index is 4.79. The number of hydrogen-bond donors (Lipinski definition) is 2. The molecule has 0 bridgehead atoms. The second-order valence-electron chi connectivity index (χ2n) is 6.17. The Morgan fingerprint density at radius 3 is 2.38 bits per heavy atom. The molecule has 5 aromatic rings. The van der Waals surface area contributed by atoms with Gasteiger partial charge in [-0.1, -0.05) is 60.7 Å². The Bertz CT molecular complexity index is 1180. The minimum atomic E-state index is 0.711. The Kier molecular flexibility index (Phi) is 3.39. The van der Waals surface area contributed by atoms with Crippen molar-refractivity contribution in [3.8, 4) is 11.4 Å². The molecular weight excluding hydrogens is 320 g/mol. The molecule has 0 aliphatic rings. The molecule has 4 heteroatoms. The summed E-state index contributed by atoms with van der Waals surface area (Å²) in [5.74, 6) is 2.41. The van der Waals surface area contributed by atoms with Crippen molar-refractivity contribution in [2.75, 3.05) is 5.32 Å². The van der Waals surface area contributed by atoms with Gasteiger partial charge < -0.3 is 10.3 Å². The lowest BCUT2D eigenvalue weighted by Crippen LogP contribution is -1.99. The normalized spacial score (nSPS) is 11.1. The number of rotatable bonds is 3. The molecule has 0 unspecified atom stereocenters. The number of H-pyrrole nitrogens is 1. The van der Waals surface area contributed by atoms with Gasteiger partial charge in [0.05, 0.1) is 5.52 Å². The Morgan fingerprint density at radius 2 is 1.50 bits per heavy atom. The molecule has 0 aliphatic carbocycles. The summed E-state index contributed by atoms with van der Waals surface area (Å²) in [7, 11) is 0. The van der Waals surface area contributed by atoms with Gasteiger partial charge in [-0.25, -0.2) is 9.97 Å². The lowest BCUT2D eigenvalue weighted by Gasteiger charge is -2.10. The number of hydrogen-bond acceptors (Lipinski definition) is 3. The molecule has 0 spiro atoms. The number of aromatic amines is 1. The van der Waals surface area contributed by atoms with Crippen LogP contribution in [0.15, 0.2) is 84.9 Å². The third-order valence-corrected chi connectivity index (χ3v) is 4.42. The monoisotopic (exact) mass is 336 g/mol. The summed E-state index contributed by atoms with van der Waals surface area (Å²) in [5.41, 5.74) is 3.01. The smallest absolute Gasteiger partial charge is 0.162 e. The highest BCUT2D eigenvalue weighted by Crippen LogP contribution is 2.28. The zero-order valence-electron chi connectivity index (χ0n) is 14.0. The number of aromatic nitrogens is 3. The van der Waals surface area contributed by atoms with E-state index in [1.54, 1.807) is 0 Å². The fourth-order valence-corrected chi connectivity index (χ4v) is 3.16. The molecule has 0 saturated heterocycles. The molecule has 0 saturated carbocycles. The van der Waals surface area contributed by atoms with Crippen LogP contribution in [0, 0.1) is 0 Å². The van der Waals surface area contributed by atoms with E-state index < -0.39 is 0 Å². The van der Waals surface area contributed by atoms with Crippen molar-refractivity contribution in [2.45, 2.75) is 0 Å². The van der Waals surface area contributed by atoms with E-state index in [0.29, 0.717) is 5.82 Å². The predicted molar refractivity (Wildman–Crippen MR) is 107 cm³/mol. The van der Waals surface area contributed by atoms with Crippen LogP contribution in [0.5, 0.6) is 0 Å². The van der Waals surface area contributed by atoms with Crippen LogP contribution in [0.1, 0.15) is 0 Å². The third-order valence-electron chi connectivity index (χ3n) is 4.42. The molecule has 26 heavy (non-hydrogen) atoms. The standard InChI is InChI=1S/C22H16N4/c1-2-8-15(9-3-1)21-24-19-13-7-5-11-17(19)22(26-21)25-20-14-16-10-4-6-12-18(16)23-20/h1-14,23H,(H,24,25,26). The summed E-state index contributed by atoms with van der Waals surface area (Å²) in [6.07, 6.45) is 0. The van der Waals surface area contributed by atoms with Crippen molar-refractivity contribution in [1.29, 1.82) is 0 Å². The summed E-state index contributed by atoms with van der Waals surface area (Å²) in [4.78, 5) is 12.9. The van der Waals surface area contributed by atoms with Crippen molar-refractivity contribution in [3.05, 3.63) is 84.9 Å². The number of nitrogens with one attached hydrogen (secondary N) is 2. The molecule has 124 valence electrons. The highest BCUT2D eigenvalue weighted by molar-refractivity contribution is 5.93. The molecule has 0 amide bonds. The maximum Gasteiger partial charge on any atom is 0.162 e. The molecule has 2 aromatic heterocycles. The van der Waals surface area contributed by atoms with Crippen LogP contribution in [0.2, 0.25) is 0 Å². The molecular formula is C22H16N4. The van der Waals surface area contributed by atoms with Crippen molar-refractivity contribution in [1.82, 2.24) is 15.0 Å². The van der Waals surface area contributed by atoms with Gasteiger partial charge in [0.25, 0.3) is 0 Å². The first kappa shape index (κ1) is 14.7. The van der Waals surface area contributed by atoms with E-state index in [0.717, 1.165) is 39.0 Å². The predicted octanol–water partition coefficient (Wildman–Crippen LogP) is 5.52. The van der Waals surface area contributed by atoms with Crippen LogP contribution in [0.25, 0.3) is 33.2 Å².